The summed E-state index contributed by atoms with van der Waals surface area (Å²) in [5.74, 6) is -2.07. The van der Waals surface area contributed by atoms with Crippen molar-refractivity contribution in [3.05, 3.63) is 29.8 Å². The van der Waals surface area contributed by atoms with Crippen LogP contribution >= 0.6 is 0 Å². The minimum Gasteiger partial charge on any atom is -0.480 e. The highest BCUT2D eigenvalue weighted by Crippen LogP contribution is 2.17. The number of nitrogens with zero attached hydrogens (tertiary/aromatic N) is 2. The Labute approximate surface area is 138 Å². The largest absolute Gasteiger partial charge is 0.480 e. The Balaban J connectivity index is 2.07. The number of carboxylic acid groups (broad SMARTS) is 1. The van der Waals surface area contributed by atoms with Crippen molar-refractivity contribution in [2.24, 2.45) is 16.5 Å². The molecule has 1 aromatic carbocycles. The van der Waals surface area contributed by atoms with Crippen molar-refractivity contribution in [3.63, 3.8) is 0 Å². The third-order valence-corrected chi connectivity index (χ3v) is 3.74. The van der Waals surface area contributed by atoms with Crippen molar-refractivity contribution in [2.45, 2.75) is 25.4 Å². The van der Waals surface area contributed by atoms with Gasteiger partial charge in [-0.2, -0.15) is 0 Å². The van der Waals surface area contributed by atoms with Crippen molar-refractivity contribution in [3.8, 4) is 0 Å². The van der Waals surface area contributed by atoms with E-state index in [1.165, 1.54) is 17.9 Å². The first-order valence-electron chi connectivity index (χ1n) is 7.33. The van der Waals surface area contributed by atoms with E-state index in [2.05, 4.69) is 10.3 Å². The Morgan fingerprint density at radius 2 is 2.12 bits per heavy atom. The zero-order valence-electron chi connectivity index (χ0n) is 13.1. The summed E-state index contributed by atoms with van der Waals surface area (Å²) in [6.07, 6.45) is 0.357. The van der Waals surface area contributed by atoms with E-state index in [0.717, 1.165) is 0 Å². The van der Waals surface area contributed by atoms with Gasteiger partial charge in [-0.1, -0.05) is 6.07 Å². The first-order chi connectivity index (χ1) is 11.3. The second-order valence-corrected chi connectivity index (χ2v) is 5.45. The third-order valence-electron chi connectivity index (χ3n) is 3.74. The Bertz CT molecular complexity index is 699. The van der Waals surface area contributed by atoms with Crippen molar-refractivity contribution >= 4 is 29.4 Å². The van der Waals surface area contributed by atoms with Gasteiger partial charge in [0.25, 0.3) is 5.91 Å². The number of carbonyl (C=O) groups excluding carboxylic acids is 2. The van der Waals surface area contributed by atoms with Crippen LogP contribution in [-0.2, 0) is 9.59 Å². The van der Waals surface area contributed by atoms with E-state index < -0.39 is 29.9 Å². The minimum atomic E-state index is -1.08. The highest BCUT2D eigenvalue weighted by atomic mass is 16.4. The van der Waals surface area contributed by atoms with E-state index in [9.17, 15) is 14.4 Å². The average molecular weight is 333 g/mol. The predicted molar refractivity (Wildman–Crippen MR) is 86.6 cm³/mol. The molecule has 2 rings (SSSR count). The van der Waals surface area contributed by atoms with Crippen LogP contribution in [0.5, 0.6) is 0 Å². The van der Waals surface area contributed by atoms with E-state index in [1.54, 1.807) is 18.2 Å². The summed E-state index contributed by atoms with van der Waals surface area (Å²) in [5.41, 5.74) is 11.3. The van der Waals surface area contributed by atoms with E-state index in [1.807, 2.05) is 0 Å². The SMILES string of the molecule is CC(C(=O)O)N1CCC(NC(=O)c2cccc(N=C(N)N)c2)C1=O. The number of guanidine groups is 1. The Kier molecular flexibility index (Phi) is 5.02. The molecule has 1 aromatic rings. The fourth-order valence-electron chi connectivity index (χ4n) is 2.46. The molecule has 0 aromatic heterocycles. The summed E-state index contributed by atoms with van der Waals surface area (Å²) in [4.78, 5) is 40.6. The van der Waals surface area contributed by atoms with Crippen LogP contribution in [0.2, 0.25) is 0 Å². The smallest absolute Gasteiger partial charge is 0.326 e. The quantitative estimate of drug-likeness (QED) is 0.417. The van der Waals surface area contributed by atoms with E-state index in [-0.39, 0.29) is 12.5 Å². The Morgan fingerprint density at radius 3 is 2.75 bits per heavy atom. The van der Waals surface area contributed by atoms with E-state index >= 15 is 0 Å². The molecule has 1 saturated heterocycles. The van der Waals surface area contributed by atoms with Gasteiger partial charge in [0, 0.05) is 12.1 Å². The number of aliphatic imine (C=N–C) groups is 1. The van der Waals surface area contributed by atoms with Crippen LogP contribution in [0.1, 0.15) is 23.7 Å². The van der Waals surface area contributed by atoms with Crippen molar-refractivity contribution < 1.29 is 19.5 Å². The minimum absolute atomic E-state index is 0.128. The zero-order chi connectivity index (χ0) is 17.9. The number of nitrogens with two attached hydrogens (primary N) is 2. The number of hydrogen-bond donors (Lipinski definition) is 4. The number of nitrogens with one attached hydrogen (secondary N) is 1. The van der Waals surface area contributed by atoms with Crippen LogP contribution in [0.15, 0.2) is 29.3 Å². The topological polar surface area (TPSA) is 151 Å². The molecule has 1 heterocycles. The predicted octanol–water partition coefficient (Wildman–Crippen LogP) is -0.605. The number of amides is 2. The molecule has 128 valence electrons. The lowest BCUT2D eigenvalue weighted by atomic mass is 10.1. The average Bonchev–Trinajstić information content (AvgIpc) is 2.87. The summed E-state index contributed by atoms with van der Waals surface area (Å²) in [6.45, 7) is 1.72. The molecule has 1 aliphatic heterocycles. The molecule has 0 aliphatic carbocycles. The summed E-state index contributed by atoms with van der Waals surface area (Å²) < 4.78 is 0. The van der Waals surface area contributed by atoms with Gasteiger partial charge in [0.05, 0.1) is 5.69 Å². The van der Waals surface area contributed by atoms with Gasteiger partial charge < -0.3 is 26.8 Å². The lowest BCUT2D eigenvalue weighted by Gasteiger charge is -2.21. The van der Waals surface area contributed by atoms with Gasteiger partial charge >= 0.3 is 5.97 Å². The van der Waals surface area contributed by atoms with Gasteiger partial charge in [-0.3, -0.25) is 9.59 Å². The van der Waals surface area contributed by atoms with Crippen LogP contribution in [0.4, 0.5) is 5.69 Å². The Morgan fingerprint density at radius 1 is 1.42 bits per heavy atom. The number of carbonyl (C=O) groups is 3. The molecule has 0 saturated carbocycles. The van der Waals surface area contributed by atoms with Crippen LogP contribution < -0.4 is 16.8 Å². The number of benzene rings is 1. The first kappa shape index (κ1) is 17.3. The number of carboxylic acids is 1. The van der Waals surface area contributed by atoms with Crippen molar-refractivity contribution in [2.75, 3.05) is 6.54 Å². The summed E-state index contributed by atoms with van der Waals surface area (Å²) in [5, 5.41) is 11.6. The molecule has 9 heteroatoms. The van der Waals surface area contributed by atoms with Gasteiger partial charge in [0.1, 0.15) is 12.1 Å². The number of rotatable bonds is 5. The van der Waals surface area contributed by atoms with Crippen LogP contribution in [0.3, 0.4) is 0 Å². The zero-order valence-corrected chi connectivity index (χ0v) is 13.1. The van der Waals surface area contributed by atoms with Crippen LogP contribution in [0.25, 0.3) is 0 Å². The number of hydrogen-bond acceptors (Lipinski definition) is 4. The van der Waals surface area contributed by atoms with Crippen LogP contribution in [-0.4, -0.2) is 52.4 Å². The van der Waals surface area contributed by atoms with Crippen LogP contribution in [0, 0.1) is 0 Å². The van der Waals surface area contributed by atoms with Crippen molar-refractivity contribution in [1.82, 2.24) is 10.2 Å². The molecule has 9 nitrogen and oxygen atoms in total. The first-order valence-corrected chi connectivity index (χ1v) is 7.33. The molecular weight excluding hydrogens is 314 g/mol. The molecule has 1 fully saturated rings. The highest BCUT2D eigenvalue weighted by molar-refractivity contribution is 5.99. The number of likely N-dealkylation sites (tertiary alicyclic amines) is 1. The molecule has 2 unspecified atom stereocenters. The fourth-order valence-corrected chi connectivity index (χ4v) is 2.46. The van der Waals surface area contributed by atoms with Gasteiger partial charge in [-0.25, -0.2) is 9.79 Å². The Hall–Kier alpha value is -3.10. The van der Waals surface area contributed by atoms with E-state index in [0.29, 0.717) is 17.7 Å². The molecule has 0 spiro atoms. The highest BCUT2D eigenvalue weighted by Gasteiger charge is 2.37. The standard InChI is InChI=1S/C15H19N5O4/c1-8(14(23)24)20-6-5-11(13(20)22)19-12(21)9-3-2-4-10(7-9)18-15(16)17/h2-4,7-8,11H,5-6H2,1H3,(H,19,21)(H,23,24)(H4,16,17,18). The molecule has 2 amide bonds. The van der Waals surface area contributed by atoms with Gasteiger partial charge in [0.15, 0.2) is 5.96 Å². The maximum absolute atomic E-state index is 12.3. The van der Waals surface area contributed by atoms with Crippen molar-refractivity contribution in [1.29, 1.82) is 0 Å². The summed E-state index contributed by atoms with van der Waals surface area (Å²) >= 11 is 0. The maximum atomic E-state index is 12.3. The summed E-state index contributed by atoms with van der Waals surface area (Å²) in [6, 6.07) is 4.64. The maximum Gasteiger partial charge on any atom is 0.326 e. The molecule has 0 radical (unpaired) electrons. The molecule has 6 N–H and O–H groups in total. The van der Waals surface area contributed by atoms with Gasteiger partial charge in [-0.05, 0) is 31.5 Å². The molecular formula is C15H19N5O4. The lowest BCUT2D eigenvalue weighted by Crippen LogP contribution is -2.46. The van der Waals surface area contributed by atoms with E-state index in [4.69, 9.17) is 16.6 Å². The lowest BCUT2D eigenvalue weighted by molar-refractivity contribution is -0.147. The van der Waals surface area contributed by atoms with Gasteiger partial charge in [0.2, 0.25) is 5.91 Å². The summed E-state index contributed by atoms with van der Waals surface area (Å²) in [7, 11) is 0. The molecule has 2 atom stereocenters. The second kappa shape index (κ2) is 6.99. The molecule has 24 heavy (non-hydrogen) atoms. The second-order valence-electron chi connectivity index (χ2n) is 5.45. The normalized spacial score (nSPS) is 18.1. The molecule has 1 aliphatic rings. The van der Waals surface area contributed by atoms with Gasteiger partial charge in [-0.15, -0.1) is 0 Å². The number of aliphatic carboxylic acids is 1. The third kappa shape index (κ3) is 3.80. The monoisotopic (exact) mass is 333 g/mol. The molecule has 0 bridgehead atoms. The fraction of sp³-hybridized carbons (Fsp3) is 0.333.